The monoisotopic (exact) mass is 352 g/mol. The molecule has 0 radical (unpaired) electrons. The van der Waals surface area contributed by atoms with Gasteiger partial charge in [0.1, 0.15) is 12.3 Å². The minimum atomic E-state index is -0.555. The second-order valence-electron chi connectivity index (χ2n) is 5.98. The SMILES string of the molecule is COc1ccc(CNC(=O)Cn2cc(-c3ccc(C)cc3)oc2=O)cc1. The van der Waals surface area contributed by atoms with Crippen molar-refractivity contribution >= 4 is 5.91 Å². The molecular weight excluding hydrogens is 332 g/mol. The Balaban J connectivity index is 1.62. The van der Waals surface area contributed by atoms with Crippen LogP contribution in [0.3, 0.4) is 0 Å². The minimum absolute atomic E-state index is 0.0929. The predicted octanol–water partition coefficient (Wildman–Crippen LogP) is 2.74. The molecule has 0 spiro atoms. The van der Waals surface area contributed by atoms with Gasteiger partial charge < -0.3 is 14.5 Å². The Morgan fingerprint density at radius 1 is 1.12 bits per heavy atom. The van der Waals surface area contributed by atoms with Crippen LogP contribution in [0.15, 0.2) is 63.9 Å². The number of methoxy groups -OCH3 is 1. The zero-order chi connectivity index (χ0) is 18.5. The van der Waals surface area contributed by atoms with E-state index in [0.717, 1.165) is 22.4 Å². The summed E-state index contributed by atoms with van der Waals surface area (Å²) in [5.74, 6) is 0.381. The van der Waals surface area contributed by atoms with E-state index in [9.17, 15) is 9.59 Å². The van der Waals surface area contributed by atoms with Crippen LogP contribution in [0.4, 0.5) is 0 Å². The topological polar surface area (TPSA) is 73.5 Å². The molecule has 1 amide bonds. The van der Waals surface area contributed by atoms with E-state index in [1.54, 1.807) is 13.3 Å². The highest BCUT2D eigenvalue weighted by Gasteiger charge is 2.11. The van der Waals surface area contributed by atoms with Crippen molar-refractivity contribution in [2.24, 2.45) is 0 Å². The summed E-state index contributed by atoms with van der Waals surface area (Å²) in [7, 11) is 1.60. The van der Waals surface area contributed by atoms with Crippen LogP contribution in [0.1, 0.15) is 11.1 Å². The quantitative estimate of drug-likeness (QED) is 0.740. The van der Waals surface area contributed by atoms with Gasteiger partial charge in [-0.15, -0.1) is 0 Å². The van der Waals surface area contributed by atoms with Crippen LogP contribution >= 0.6 is 0 Å². The van der Waals surface area contributed by atoms with E-state index in [2.05, 4.69) is 5.32 Å². The molecule has 0 aliphatic heterocycles. The highest BCUT2D eigenvalue weighted by Crippen LogP contribution is 2.18. The Morgan fingerprint density at radius 3 is 2.46 bits per heavy atom. The van der Waals surface area contributed by atoms with Gasteiger partial charge >= 0.3 is 5.76 Å². The summed E-state index contributed by atoms with van der Waals surface area (Å²) in [6.45, 7) is 2.27. The molecule has 0 saturated heterocycles. The fourth-order valence-corrected chi connectivity index (χ4v) is 2.49. The van der Waals surface area contributed by atoms with E-state index < -0.39 is 5.76 Å². The van der Waals surface area contributed by atoms with Crippen LogP contribution in [-0.4, -0.2) is 17.6 Å². The molecule has 0 saturated carbocycles. The summed E-state index contributed by atoms with van der Waals surface area (Å²) < 4.78 is 11.6. The molecule has 0 unspecified atom stereocenters. The van der Waals surface area contributed by atoms with Gasteiger partial charge in [-0.1, -0.05) is 42.0 Å². The first kappa shape index (κ1) is 17.5. The second-order valence-corrected chi connectivity index (χ2v) is 5.98. The van der Waals surface area contributed by atoms with Crippen molar-refractivity contribution in [1.29, 1.82) is 0 Å². The van der Waals surface area contributed by atoms with Gasteiger partial charge in [-0.2, -0.15) is 0 Å². The first-order valence-electron chi connectivity index (χ1n) is 8.22. The van der Waals surface area contributed by atoms with Crippen LogP contribution in [0.5, 0.6) is 5.75 Å². The summed E-state index contributed by atoms with van der Waals surface area (Å²) >= 11 is 0. The second kappa shape index (κ2) is 7.74. The highest BCUT2D eigenvalue weighted by atomic mass is 16.5. The molecule has 6 nitrogen and oxygen atoms in total. The third kappa shape index (κ3) is 4.22. The summed E-state index contributed by atoms with van der Waals surface area (Å²) in [4.78, 5) is 24.1. The molecule has 1 aromatic heterocycles. The van der Waals surface area contributed by atoms with Crippen LogP contribution < -0.4 is 15.8 Å². The van der Waals surface area contributed by atoms with Gasteiger partial charge in [0.15, 0.2) is 5.76 Å². The van der Waals surface area contributed by atoms with Gasteiger partial charge in [0, 0.05) is 12.1 Å². The Hall–Kier alpha value is -3.28. The Bertz CT molecular complexity index is 937. The van der Waals surface area contributed by atoms with Gasteiger partial charge in [-0.05, 0) is 24.6 Å². The molecule has 0 aliphatic carbocycles. The van der Waals surface area contributed by atoms with Crippen molar-refractivity contribution in [3.8, 4) is 17.1 Å². The molecule has 1 heterocycles. The van der Waals surface area contributed by atoms with Gasteiger partial charge in [-0.25, -0.2) is 4.79 Å². The van der Waals surface area contributed by atoms with Gasteiger partial charge in [0.2, 0.25) is 5.91 Å². The molecule has 2 aromatic carbocycles. The van der Waals surface area contributed by atoms with E-state index >= 15 is 0 Å². The number of aromatic nitrogens is 1. The first-order valence-corrected chi connectivity index (χ1v) is 8.22. The zero-order valence-electron chi connectivity index (χ0n) is 14.7. The first-order chi connectivity index (χ1) is 12.5. The van der Waals surface area contributed by atoms with Crippen LogP contribution in [0, 0.1) is 6.92 Å². The number of ether oxygens (including phenoxy) is 1. The normalized spacial score (nSPS) is 10.5. The zero-order valence-corrected chi connectivity index (χ0v) is 14.7. The van der Waals surface area contributed by atoms with E-state index in [1.807, 2.05) is 55.5 Å². The third-order valence-corrected chi connectivity index (χ3v) is 4.00. The Morgan fingerprint density at radius 2 is 1.81 bits per heavy atom. The number of carbonyl (C=O) groups is 1. The molecule has 1 N–H and O–H groups in total. The van der Waals surface area contributed by atoms with E-state index in [-0.39, 0.29) is 12.5 Å². The number of benzene rings is 2. The third-order valence-electron chi connectivity index (χ3n) is 4.00. The Labute approximate surface area is 151 Å². The fraction of sp³-hybridized carbons (Fsp3) is 0.200. The Kier molecular flexibility index (Phi) is 5.22. The number of hydrogen-bond acceptors (Lipinski definition) is 4. The number of rotatable bonds is 6. The standard InChI is InChI=1S/C20H20N2O4/c1-14-3-7-16(8-4-14)18-12-22(20(24)26-18)13-19(23)21-11-15-5-9-17(25-2)10-6-15/h3-10,12H,11,13H2,1-2H3,(H,21,23). The number of amides is 1. The number of oxazole rings is 1. The van der Waals surface area contributed by atoms with Crippen molar-refractivity contribution in [3.63, 3.8) is 0 Å². The molecule has 134 valence electrons. The number of hydrogen-bond donors (Lipinski definition) is 1. The number of nitrogens with zero attached hydrogens (tertiary/aromatic N) is 1. The van der Waals surface area contributed by atoms with Crippen molar-refractivity contribution < 1.29 is 13.9 Å². The molecule has 3 rings (SSSR count). The van der Waals surface area contributed by atoms with Crippen LogP contribution in [-0.2, 0) is 17.9 Å². The molecule has 0 atom stereocenters. The van der Waals surface area contributed by atoms with Crippen molar-refractivity contribution in [1.82, 2.24) is 9.88 Å². The number of aryl methyl sites for hydroxylation is 1. The number of nitrogens with one attached hydrogen (secondary N) is 1. The maximum atomic E-state index is 12.1. The molecule has 26 heavy (non-hydrogen) atoms. The van der Waals surface area contributed by atoms with E-state index in [1.165, 1.54) is 4.57 Å². The van der Waals surface area contributed by atoms with Crippen molar-refractivity contribution in [3.05, 3.63) is 76.4 Å². The lowest BCUT2D eigenvalue weighted by Gasteiger charge is -2.06. The lowest BCUT2D eigenvalue weighted by molar-refractivity contribution is -0.121. The van der Waals surface area contributed by atoms with E-state index in [4.69, 9.17) is 9.15 Å². The summed E-state index contributed by atoms with van der Waals surface area (Å²) in [6.07, 6.45) is 1.56. The van der Waals surface area contributed by atoms with Crippen molar-refractivity contribution in [2.75, 3.05) is 7.11 Å². The molecular formula is C20H20N2O4. The average molecular weight is 352 g/mol. The minimum Gasteiger partial charge on any atom is -0.497 e. The fourth-order valence-electron chi connectivity index (χ4n) is 2.49. The molecule has 0 bridgehead atoms. The molecule has 0 fully saturated rings. The van der Waals surface area contributed by atoms with Gasteiger partial charge in [0.25, 0.3) is 0 Å². The largest absolute Gasteiger partial charge is 0.497 e. The predicted molar refractivity (Wildman–Crippen MR) is 98.0 cm³/mol. The summed E-state index contributed by atoms with van der Waals surface area (Å²) in [5, 5.41) is 2.79. The summed E-state index contributed by atoms with van der Waals surface area (Å²) in [5.41, 5.74) is 2.86. The maximum Gasteiger partial charge on any atom is 0.419 e. The lowest BCUT2D eigenvalue weighted by Crippen LogP contribution is -2.30. The average Bonchev–Trinajstić information content (AvgIpc) is 3.01. The maximum absolute atomic E-state index is 12.1. The molecule has 3 aromatic rings. The summed E-state index contributed by atoms with van der Waals surface area (Å²) in [6, 6.07) is 15.0. The highest BCUT2D eigenvalue weighted by molar-refractivity contribution is 5.75. The molecule has 6 heteroatoms. The van der Waals surface area contributed by atoms with Gasteiger partial charge in [-0.3, -0.25) is 9.36 Å². The van der Waals surface area contributed by atoms with Crippen LogP contribution in [0.25, 0.3) is 11.3 Å². The number of carbonyl (C=O) groups excluding carboxylic acids is 1. The van der Waals surface area contributed by atoms with Crippen molar-refractivity contribution in [2.45, 2.75) is 20.0 Å². The van der Waals surface area contributed by atoms with E-state index in [0.29, 0.717) is 12.3 Å². The van der Waals surface area contributed by atoms with Crippen LogP contribution in [0.2, 0.25) is 0 Å². The lowest BCUT2D eigenvalue weighted by atomic mass is 10.1. The molecule has 0 aliphatic rings. The van der Waals surface area contributed by atoms with Gasteiger partial charge in [0.05, 0.1) is 13.3 Å². The smallest absolute Gasteiger partial charge is 0.419 e.